The van der Waals surface area contributed by atoms with Gasteiger partial charge in [-0.3, -0.25) is 10.3 Å². The highest BCUT2D eigenvalue weighted by Crippen LogP contribution is 2.36. The zero-order valence-corrected chi connectivity index (χ0v) is 17.6. The van der Waals surface area contributed by atoms with Gasteiger partial charge in [-0.15, -0.1) is 0 Å². The fourth-order valence-corrected chi connectivity index (χ4v) is 3.94. The first-order valence-electron chi connectivity index (χ1n) is 9.69. The zero-order valence-electron chi connectivity index (χ0n) is 16.1. The molecule has 2 atom stereocenters. The van der Waals surface area contributed by atoms with Gasteiger partial charge in [0.1, 0.15) is 11.9 Å². The minimum Gasteiger partial charge on any atom is -0.508 e. The second-order valence-electron chi connectivity index (χ2n) is 7.21. The Balaban J connectivity index is 1.75. The number of nitrogens with zero attached hydrogens (tertiary/aromatic N) is 1. The lowest BCUT2D eigenvalue weighted by atomic mass is 9.93. The van der Waals surface area contributed by atoms with Crippen LogP contribution in [0.1, 0.15) is 47.8 Å². The Morgan fingerprint density at radius 3 is 2.34 bits per heavy atom. The molecule has 3 nitrogen and oxygen atoms in total. The number of hydrogen-bond donors (Lipinski definition) is 2. The molecule has 0 saturated carbocycles. The summed E-state index contributed by atoms with van der Waals surface area (Å²) in [6.07, 6.45) is 1.41. The minimum absolute atomic E-state index is 0.118. The Bertz CT molecular complexity index is 1030. The Morgan fingerprint density at radius 1 is 0.966 bits per heavy atom. The normalized spacial score (nSPS) is 19.1. The molecule has 0 spiro atoms. The smallest absolute Gasteiger partial charge is 0.126 e. The Labute approximate surface area is 181 Å². The molecule has 0 aromatic heterocycles. The summed E-state index contributed by atoms with van der Waals surface area (Å²) in [6.45, 7) is 2.14. The number of aryl methyl sites for hydroxylation is 1. The monoisotopic (exact) mass is 424 g/mol. The highest BCUT2D eigenvalue weighted by atomic mass is 35.5. The molecule has 29 heavy (non-hydrogen) atoms. The highest BCUT2D eigenvalue weighted by Gasteiger charge is 2.27. The number of halogens is 2. The van der Waals surface area contributed by atoms with Gasteiger partial charge in [-0.05, 0) is 53.4 Å². The maximum Gasteiger partial charge on any atom is 0.126 e. The molecule has 3 aromatic carbocycles. The fourth-order valence-electron chi connectivity index (χ4n) is 3.63. The van der Waals surface area contributed by atoms with Crippen molar-refractivity contribution in [2.24, 2.45) is 4.99 Å². The van der Waals surface area contributed by atoms with Crippen LogP contribution in [0.15, 0.2) is 71.7 Å². The number of phenols is 1. The molecule has 0 radical (unpaired) electrons. The molecule has 1 heterocycles. The molecule has 4 rings (SSSR count). The van der Waals surface area contributed by atoms with Crippen molar-refractivity contribution in [1.29, 1.82) is 0 Å². The molecule has 5 heteroatoms. The summed E-state index contributed by atoms with van der Waals surface area (Å²) >= 11 is 12.3. The van der Waals surface area contributed by atoms with E-state index in [4.69, 9.17) is 28.2 Å². The fraction of sp³-hybridized carbons (Fsp3) is 0.208. The summed E-state index contributed by atoms with van der Waals surface area (Å²) in [5, 5.41) is 15.3. The van der Waals surface area contributed by atoms with E-state index in [9.17, 15) is 5.11 Å². The van der Waals surface area contributed by atoms with Crippen molar-refractivity contribution in [3.05, 3.63) is 99.0 Å². The number of rotatable bonds is 4. The SMILES string of the molecule is CCc1ccc(C2=N[C@@H](c3ccc(Cl)cc3)N[C@H](c3cc(Cl)ccc3O)C2)cc1. The molecule has 1 aliphatic heterocycles. The molecule has 3 aromatic rings. The van der Waals surface area contributed by atoms with Crippen molar-refractivity contribution in [2.45, 2.75) is 32.0 Å². The van der Waals surface area contributed by atoms with Gasteiger partial charge in [-0.2, -0.15) is 0 Å². The third-order valence-corrected chi connectivity index (χ3v) is 5.77. The van der Waals surface area contributed by atoms with Crippen molar-refractivity contribution < 1.29 is 5.11 Å². The molecule has 0 saturated heterocycles. The van der Waals surface area contributed by atoms with Crippen LogP contribution in [0.4, 0.5) is 0 Å². The zero-order chi connectivity index (χ0) is 20.4. The van der Waals surface area contributed by atoms with Crippen molar-refractivity contribution in [3.63, 3.8) is 0 Å². The van der Waals surface area contributed by atoms with Crippen LogP contribution >= 0.6 is 23.2 Å². The van der Waals surface area contributed by atoms with E-state index in [1.807, 2.05) is 30.3 Å². The molecule has 0 aliphatic carbocycles. The number of benzene rings is 3. The van der Waals surface area contributed by atoms with Crippen LogP contribution in [-0.2, 0) is 6.42 Å². The topological polar surface area (TPSA) is 44.6 Å². The first-order valence-corrected chi connectivity index (χ1v) is 10.4. The number of hydrogen-bond acceptors (Lipinski definition) is 3. The molecule has 0 amide bonds. The summed E-state index contributed by atoms with van der Waals surface area (Å²) in [5.74, 6) is 0.226. The van der Waals surface area contributed by atoms with E-state index < -0.39 is 0 Å². The second-order valence-corrected chi connectivity index (χ2v) is 8.08. The molecule has 0 bridgehead atoms. The average molecular weight is 425 g/mol. The number of nitrogens with one attached hydrogen (secondary N) is 1. The van der Waals surface area contributed by atoms with Gasteiger partial charge in [0.25, 0.3) is 0 Å². The largest absolute Gasteiger partial charge is 0.508 e. The Kier molecular flexibility index (Phi) is 5.91. The predicted octanol–water partition coefficient (Wildman–Crippen LogP) is 6.48. The van der Waals surface area contributed by atoms with Gasteiger partial charge < -0.3 is 5.11 Å². The molecule has 148 valence electrons. The maximum absolute atomic E-state index is 10.4. The molecular weight excluding hydrogens is 403 g/mol. The van der Waals surface area contributed by atoms with Gasteiger partial charge in [0.15, 0.2) is 0 Å². The summed E-state index contributed by atoms with van der Waals surface area (Å²) in [6, 6.07) is 21.2. The van der Waals surface area contributed by atoms with E-state index in [-0.39, 0.29) is 18.0 Å². The van der Waals surface area contributed by atoms with E-state index in [2.05, 4.69) is 36.5 Å². The lowest BCUT2D eigenvalue weighted by Crippen LogP contribution is -2.33. The number of aromatic hydroxyl groups is 1. The maximum atomic E-state index is 10.4. The van der Waals surface area contributed by atoms with Crippen LogP contribution in [-0.4, -0.2) is 10.8 Å². The van der Waals surface area contributed by atoms with Crippen LogP contribution in [0.25, 0.3) is 0 Å². The Hall–Kier alpha value is -2.33. The summed E-state index contributed by atoms with van der Waals surface area (Å²) in [4.78, 5) is 4.98. The predicted molar refractivity (Wildman–Crippen MR) is 120 cm³/mol. The average Bonchev–Trinajstić information content (AvgIpc) is 2.75. The van der Waals surface area contributed by atoms with E-state index >= 15 is 0 Å². The summed E-state index contributed by atoms with van der Waals surface area (Å²) in [5.41, 5.74) is 5.17. The van der Waals surface area contributed by atoms with Crippen LogP contribution < -0.4 is 5.32 Å². The van der Waals surface area contributed by atoms with Gasteiger partial charge in [0.2, 0.25) is 0 Å². The minimum atomic E-state index is -0.245. The first-order chi connectivity index (χ1) is 14.0. The quantitative estimate of drug-likeness (QED) is 0.502. The van der Waals surface area contributed by atoms with E-state index in [0.29, 0.717) is 16.5 Å². The van der Waals surface area contributed by atoms with Gasteiger partial charge in [0, 0.05) is 33.8 Å². The third-order valence-electron chi connectivity index (χ3n) is 5.29. The van der Waals surface area contributed by atoms with E-state index in [0.717, 1.165) is 28.8 Å². The van der Waals surface area contributed by atoms with Crippen molar-refractivity contribution in [2.75, 3.05) is 0 Å². The van der Waals surface area contributed by atoms with Gasteiger partial charge >= 0.3 is 0 Å². The Morgan fingerprint density at radius 2 is 1.66 bits per heavy atom. The number of phenolic OH excluding ortho intramolecular Hbond substituents is 1. The molecular formula is C24H22Cl2N2O. The lowest BCUT2D eigenvalue weighted by Gasteiger charge is -2.31. The van der Waals surface area contributed by atoms with Gasteiger partial charge in [-0.25, -0.2) is 0 Å². The molecule has 0 fully saturated rings. The van der Waals surface area contributed by atoms with Gasteiger partial charge in [0.05, 0.1) is 0 Å². The molecule has 2 N–H and O–H groups in total. The standard InChI is InChI=1S/C24H22Cl2N2O/c1-2-15-3-5-16(6-4-15)21-14-22(20-13-19(26)11-12-23(20)29)28-24(27-21)17-7-9-18(25)10-8-17/h3-13,22,24,28-29H,2,14H2,1H3/t22-,24+/m0/s1. The van der Waals surface area contributed by atoms with Gasteiger partial charge in [-0.1, -0.05) is 66.5 Å². The van der Waals surface area contributed by atoms with Crippen molar-refractivity contribution in [3.8, 4) is 5.75 Å². The second kappa shape index (κ2) is 8.58. The highest BCUT2D eigenvalue weighted by molar-refractivity contribution is 6.30. The summed E-state index contributed by atoms with van der Waals surface area (Å²) < 4.78 is 0. The van der Waals surface area contributed by atoms with Crippen LogP contribution in [0.3, 0.4) is 0 Å². The van der Waals surface area contributed by atoms with E-state index in [1.165, 1.54) is 5.56 Å². The first kappa shape index (κ1) is 20.0. The molecule has 0 unspecified atom stereocenters. The number of aliphatic imine (C=N–C) groups is 1. The third kappa shape index (κ3) is 4.48. The van der Waals surface area contributed by atoms with Crippen molar-refractivity contribution in [1.82, 2.24) is 5.32 Å². The summed E-state index contributed by atoms with van der Waals surface area (Å²) in [7, 11) is 0. The van der Waals surface area contributed by atoms with E-state index in [1.54, 1.807) is 12.1 Å². The lowest BCUT2D eigenvalue weighted by molar-refractivity contribution is 0.413. The van der Waals surface area contributed by atoms with Crippen molar-refractivity contribution >= 4 is 28.9 Å². The van der Waals surface area contributed by atoms with Crippen LogP contribution in [0, 0.1) is 0 Å². The molecule has 1 aliphatic rings. The van der Waals surface area contributed by atoms with Crippen LogP contribution in [0.5, 0.6) is 5.75 Å². The van der Waals surface area contributed by atoms with Crippen LogP contribution in [0.2, 0.25) is 10.0 Å².